The summed E-state index contributed by atoms with van der Waals surface area (Å²) in [7, 11) is 0. The quantitative estimate of drug-likeness (QED) is 0.887. The molecular weight excluding hydrogens is 220 g/mol. The lowest BCUT2D eigenvalue weighted by Gasteiger charge is -2.10. The number of nitrogens with two attached hydrogens (primary N) is 1. The molecule has 0 saturated heterocycles. The summed E-state index contributed by atoms with van der Waals surface area (Å²) in [6.45, 7) is 4.02. The number of aromatic nitrogens is 1. The number of anilines is 1. The number of ether oxygens (including phenoxy) is 1. The van der Waals surface area contributed by atoms with Crippen molar-refractivity contribution in [1.29, 1.82) is 0 Å². The van der Waals surface area contributed by atoms with Gasteiger partial charge in [0.25, 0.3) is 0 Å². The summed E-state index contributed by atoms with van der Waals surface area (Å²) < 4.78 is 5.64. The van der Waals surface area contributed by atoms with Crippen LogP contribution in [-0.2, 0) is 0 Å². The summed E-state index contributed by atoms with van der Waals surface area (Å²) in [4.78, 5) is 5.10. The molecule has 1 aromatic carbocycles. The van der Waals surface area contributed by atoms with Gasteiger partial charge in [-0.15, -0.1) is 0 Å². The monoisotopic (exact) mass is 234 g/mol. The average Bonchev–Trinajstić information content (AvgIpc) is 2.64. The van der Waals surface area contributed by atoms with Gasteiger partial charge in [-0.05, 0) is 31.5 Å². The van der Waals surface area contributed by atoms with Crippen molar-refractivity contribution in [2.24, 2.45) is 0 Å². The number of thiazole rings is 1. The highest BCUT2D eigenvalue weighted by molar-refractivity contribution is 7.18. The van der Waals surface area contributed by atoms with Gasteiger partial charge in [0.15, 0.2) is 5.13 Å². The van der Waals surface area contributed by atoms with Gasteiger partial charge in [-0.2, -0.15) is 0 Å². The van der Waals surface area contributed by atoms with E-state index in [-0.39, 0.29) is 6.10 Å². The highest BCUT2D eigenvalue weighted by Gasteiger charge is 2.04. The molecule has 84 valence electrons. The topological polar surface area (TPSA) is 48.1 Å². The second-order valence-electron chi connectivity index (χ2n) is 3.76. The van der Waals surface area contributed by atoms with Crippen molar-refractivity contribution in [1.82, 2.24) is 4.98 Å². The van der Waals surface area contributed by atoms with Crippen LogP contribution >= 0.6 is 11.3 Å². The van der Waals surface area contributed by atoms with E-state index in [1.54, 1.807) is 6.20 Å². The zero-order valence-electron chi connectivity index (χ0n) is 9.31. The van der Waals surface area contributed by atoms with Gasteiger partial charge >= 0.3 is 0 Å². The van der Waals surface area contributed by atoms with E-state index in [4.69, 9.17) is 10.5 Å². The van der Waals surface area contributed by atoms with Gasteiger partial charge in [0.05, 0.1) is 11.0 Å². The number of nitrogen functional groups attached to an aromatic ring is 1. The first-order chi connectivity index (χ1) is 7.65. The Morgan fingerprint density at radius 3 is 2.81 bits per heavy atom. The Morgan fingerprint density at radius 1 is 1.38 bits per heavy atom. The van der Waals surface area contributed by atoms with Gasteiger partial charge < -0.3 is 10.5 Å². The molecule has 1 heterocycles. The average molecular weight is 234 g/mol. The van der Waals surface area contributed by atoms with Crippen LogP contribution in [0.4, 0.5) is 5.13 Å². The summed E-state index contributed by atoms with van der Waals surface area (Å²) in [5.41, 5.74) is 6.70. The number of hydrogen-bond acceptors (Lipinski definition) is 4. The lowest BCUT2D eigenvalue weighted by molar-refractivity contribution is 0.242. The predicted octanol–water partition coefficient (Wildman–Crippen LogP) is 3.18. The van der Waals surface area contributed by atoms with Crippen LogP contribution in [0.15, 0.2) is 30.5 Å². The minimum Gasteiger partial charge on any atom is -0.491 e. The molecule has 3 nitrogen and oxygen atoms in total. The first-order valence-corrected chi connectivity index (χ1v) is 5.95. The Hall–Kier alpha value is -1.55. The molecule has 2 N–H and O–H groups in total. The SMILES string of the molecule is CC(C)Oc1cccc(-c2cnc(N)s2)c1. The van der Waals surface area contributed by atoms with E-state index in [1.165, 1.54) is 11.3 Å². The molecule has 0 radical (unpaired) electrons. The zero-order valence-corrected chi connectivity index (χ0v) is 10.1. The Bertz CT molecular complexity index is 479. The Kier molecular flexibility index (Phi) is 3.10. The molecule has 0 amide bonds. The summed E-state index contributed by atoms with van der Waals surface area (Å²) in [6.07, 6.45) is 1.97. The molecular formula is C12H14N2OS. The summed E-state index contributed by atoms with van der Waals surface area (Å²) in [6, 6.07) is 7.96. The fraction of sp³-hybridized carbons (Fsp3) is 0.250. The molecule has 0 saturated carbocycles. The van der Waals surface area contributed by atoms with Crippen molar-refractivity contribution < 1.29 is 4.74 Å². The second kappa shape index (κ2) is 4.53. The van der Waals surface area contributed by atoms with Crippen LogP contribution in [-0.4, -0.2) is 11.1 Å². The van der Waals surface area contributed by atoms with E-state index in [1.807, 2.05) is 38.1 Å². The maximum absolute atomic E-state index is 5.64. The predicted molar refractivity (Wildman–Crippen MR) is 67.7 cm³/mol. The minimum atomic E-state index is 0.182. The van der Waals surface area contributed by atoms with Gasteiger partial charge in [0, 0.05) is 6.20 Å². The maximum atomic E-state index is 5.64. The normalized spacial score (nSPS) is 10.7. The smallest absolute Gasteiger partial charge is 0.180 e. The third-order valence-electron chi connectivity index (χ3n) is 2.01. The highest BCUT2D eigenvalue weighted by atomic mass is 32.1. The minimum absolute atomic E-state index is 0.182. The second-order valence-corrected chi connectivity index (χ2v) is 4.82. The Morgan fingerprint density at radius 2 is 2.19 bits per heavy atom. The first kappa shape index (κ1) is 11.0. The molecule has 0 aliphatic rings. The van der Waals surface area contributed by atoms with Crippen LogP contribution in [0.3, 0.4) is 0 Å². The largest absolute Gasteiger partial charge is 0.491 e. The summed E-state index contributed by atoms with van der Waals surface area (Å²) in [5.74, 6) is 0.875. The Balaban J connectivity index is 2.28. The molecule has 0 aliphatic carbocycles. The fourth-order valence-corrected chi connectivity index (χ4v) is 2.10. The van der Waals surface area contributed by atoms with E-state index in [9.17, 15) is 0 Å². The van der Waals surface area contributed by atoms with Gasteiger partial charge in [0.2, 0.25) is 0 Å². The van der Waals surface area contributed by atoms with Crippen LogP contribution in [0.25, 0.3) is 10.4 Å². The van der Waals surface area contributed by atoms with Crippen LogP contribution in [0.5, 0.6) is 5.75 Å². The number of rotatable bonds is 3. The number of hydrogen-bond donors (Lipinski definition) is 1. The van der Waals surface area contributed by atoms with Gasteiger partial charge in [-0.1, -0.05) is 23.5 Å². The molecule has 16 heavy (non-hydrogen) atoms. The van der Waals surface area contributed by atoms with E-state index in [2.05, 4.69) is 4.98 Å². The molecule has 0 atom stereocenters. The van der Waals surface area contributed by atoms with Crippen molar-refractivity contribution in [2.45, 2.75) is 20.0 Å². The van der Waals surface area contributed by atoms with Gasteiger partial charge in [-0.25, -0.2) is 4.98 Å². The van der Waals surface area contributed by atoms with E-state index >= 15 is 0 Å². The molecule has 0 spiro atoms. The van der Waals surface area contributed by atoms with Crippen LogP contribution in [0.2, 0.25) is 0 Å². The number of benzene rings is 1. The lowest BCUT2D eigenvalue weighted by Crippen LogP contribution is -2.05. The molecule has 1 aromatic heterocycles. The van der Waals surface area contributed by atoms with Crippen LogP contribution < -0.4 is 10.5 Å². The van der Waals surface area contributed by atoms with Crippen molar-refractivity contribution in [3.8, 4) is 16.2 Å². The van der Waals surface area contributed by atoms with Crippen LogP contribution in [0, 0.1) is 0 Å². The molecule has 0 unspecified atom stereocenters. The standard InChI is InChI=1S/C12H14N2OS/c1-8(2)15-10-5-3-4-9(6-10)11-7-14-12(13)16-11/h3-8H,1-2H3,(H2,13,14). The highest BCUT2D eigenvalue weighted by Crippen LogP contribution is 2.29. The summed E-state index contributed by atoms with van der Waals surface area (Å²) >= 11 is 1.48. The molecule has 0 bridgehead atoms. The van der Waals surface area contributed by atoms with Gasteiger partial charge in [-0.3, -0.25) is 0 Å². The van der Waals surface area contributed by atoms with Crippen molar-refractivity contribution in [2.75, 3.05) is 5.73 Å². The third kappa shape index (κ3) is 2.52. The number of nitrogens with zero attached hydrogens (tertiary/aromatic N) is 1. The van der Waals surface area contributed by atoms with E-state index in [0.29, 0.717) is 5.13 Å². The van der Waals surface area contributed by atoms with Crippen molar-refractivity contribution in [3.05, 3.63) is 30.5 Å². The fourth-order valence-electron chi connectivity index (χ4n) is 1.42. The zero-order chi connectivity index (χ0) is 11.5. The third-order valence-corrected chi connectivity index (χ3v) is 2.89. The first-order valence-electron chi connectivity index (χ1n) is 5.13. The van der Waals surface area contributed by atoms with Gasteiger partial charge in [0.1, 0.15) is 5.75 Å². The lowest BCUT2D eigenvalue weighted by atomic mass is 10.2. The molecule has 0 aliphatic heterocycles. The maximum Gasteiger partial charge on any atom is 0.180 e. The Labute approximate surface area is 98.9 Å². The van der Waals surface area contributed by atoms with Crippen LogP contribution in [0.1, 0.15) is 13.8 Å². The van der Waals surface area contributed by atoms with Crippen molar-refractivity contribution in [3.63, 3.8) is 0 Å². The molecule has 2 aromatic rings. The molecule has 0 fully saturated rings. The molecule has 2 rings (SSSR count). The molecule has 4 heteroatoms. The van der Waals surface area contributed by atoms with E-state index in [0.717, 1.165) is 16.2 Å². The van der Waals surface area contributed by atoms with E-state index < -0.39 is 0 Å². The van der Waals surface area contributed by atoms with Crippen molar-refractivity contribution >= 4 is 16.5 Å². The summed E-state index contributed by atoms with van der Waals surface area (Å²) in [5, 5.41) is 0.588.